The molecule has 0 aliphatic rings. The maximum absolute atomic E-state index is 5.74. The molecule has 0 amide bonds. The van der Waals surface area contributed by atoms with Gasteiger partial charge in [-0.15, -0.1) is 0 Å². The Morgan fingerprint density at radius 1 is 1.41 bits per heavy atom. The van der Waals surface area contributed by atoms with E-state index in [1.54, 1.807) is 6.26 Å². The minimum atomic E-state index is 0.535. The quantitative estimate of drug-likeness (QED) is 0.414. The van der Waals surface area contributed by atoms with Gasteiger partial charge in [-0.2, -0.15) is 0 Å². The van der Waals surface area contributed by atoms with Crippen molar-refractivity contribution >= 4 is 5.96 Å². The Labute approximate surface area is 103 Å². The molecule has 0 saturated heterocycles. The minimum Gasteiger partial charge on any atom is -0.469 e. The SMILES string of the molecule is CCCCCCN=C(N)NCCc1ccco1. The molecule has 0 spiro atoms. The van der Waals surface area contributed by atoms with Crippen LogP contribution in [0.4, 0.5) is 0 Å². The molecule has 1 aromatic heterocycles. The van der Waals surface area contributed by atoms with E-state index in [4.69, 9.17) is 10.2 Å². The summed E-state index contributed by atoms with van der Waals surface area (Å²) in [5.74, 6) is 1.50. The van der Waals surface area contributed by atoms with Crippen molar-refractivity contribution in [3.05, 3.63) is 24.2 Å². The van der Waals surface area contributed by atoms with Crippen LogP contribution in [0, 0.1) is 0 Å². The lowest BCUT2D eigenvalue weighted by atomic mass is 10.2. The first kappa shape index (κ1) is 13.6. The van der Waals surface area contributed by atoms with E-state index in [1.807, 2.05) is 12.1 Å². The van der Waals surface area contributed by atoms with Gasteiger partial charge in [0.1, 0.15) is 5.76 Å². The Hall–Kier alpha value is -1.45. The van der Waals surface area contributed by atoms with E-state index < -0.39 is 0 Å². The lowest BCUT2D eigenvalue weighted by Gasteiger charge is -2.04. The summed E-state index contributed by atoms with van der Waals surface area (Å²) in [6.07, 6.45) is 7.40. The van der Waals surface area contributed by atoms with Crippen LogP contribution in [0.3, 0.4) is 0 Å². The molecule has 17 heavy (non-hydrogen) atoms. The van der Waals surface area contributed by atoms with Gasteiger partial charge in [-0.3, -0.25) is 4.99 Å². The fourth-order valence-electron chi connectivity index (χ4n) is 1.56. The van der Waals surface area contributed by atoms with E-state index in [-0.39, 0.29) is 0 Å². The Balaban J connectivity index is 2.03. The predicted octanol–water partition coefficient (Wildman–Crippen LogP) is 2.31. The van der Waals surface area contributed by atoms with Crippen LogP contribution in [0.15, 0.2) is 27.8 Å². The summed E-state index contributed by atoms with van der Waals surface area (Å²) in [6.45, 7) is 3.78. The molecule has 0 bridgehead atoms. The number of guanidine groups is 1. The second kappa shape index (κ2) is 8.67. The summed E-state index contributed by atoms with van der Waals surface area (Å²) in [5, 5.41) is 3.08. The minimum absolute atomic E-state index is 0.535. The molecule has 96 valence electrons. The van der Waals surface area contributed by atoms with E-state index in [1.165, 1.54) is 19.3 Å². The lowest BCUT2D eigenvalue weighted by molar-refractivity contribution is 0.507. The zero-order chi connectivity index (χ0) is 12.3. The molecule has 4 heteroatoms. The number of nitrogens with zero attached hydrogens (tertiary/aromatic N) is 1. The van der Waals surface area contributed by atoms with Crippen molar-refractivity contribution in [3.63, 3.8) is 0 Å². The predicted molar refractivity (Wildman–Crippen MR) is 71.0 cm³/mol. The third-order valence-corrected chi connectivity index (χ3v) is 2.55. The van der Waals surface area contributed by atoms with Crippen molar-refractivity contribution in [2.45, 2.75) is 39.0 Å². The molecule has 0 saturated carbocycles. The maximum atomic E-state index is 5.74. The molecule has 1 heterocycles. The van der Waals surface area contributed by atoms with E-state index in [0.29, 0.717) is 5.96 Å². The Morgan fingerprint density at radius 2 is 2.29 bits per heavy atom. The normalized spacial score (nSPS) is 11.7. The van der Waals surface area contributed by atoms with Crippen LogP contribution < -0.4 is 11.1 Å². The summed E-state index contributed by atoms with van der Waals surface area (Å²) in [5.41, 5.74) is 5.74. The molecular weight excluding hydrogens is 214 g/mol. The maximum Gasteiger partial charge on any atom is 0.188 e. The van der Waals surface area contributed by atoms with Gasteiger partial charge < -0.3 is 15.5 Å². The molecular formula is C13H23N3O. The summed E-state index contributed by atoms with van der Waals surface area (Å²) >= 11 is 0. The first-order valence-corrected chi connectivity index (χ1v) is 6.39. The molecule has 0 aromatic carbocycles. The fourth-order valence-corrected chi connectivity index (χ4v) is 1.56. The second-order valence-electron chi connectivity index (χ2n) is 4.08. The zero-order valence-corrected chi connectivity index (χ0v) is 10.6. The Morgan fingerprint density at radius 3 is 3.00 bits per heavy atom. The van der Waals surface area contributed by atoms with Gasteiger partial charge in [-0.1, -0.05) is 26.2 Å². The number of hydrogen-bond donors (Lipinski definition) is 2. The van der Waals surface area contributed by atoms with Crippen molar-refractivity contribution in [2.75, 3.05) is 13.1 Å². The van der Waals surface area contributed by atoms with Crippen molar-refractivity contribution in [1.82, 2.24) is 5.32 Å². The highest BCUT2D eigenvalue weighted by molar-refractivity contribution is 5.77. The number of hydrogen-bond acceptors (Lipinski definition) is 2. The summed E-state index contributed by atoms with van der Waals surface area (Å²) < 4.78 is 5.22. The average molecular weight is 237 g/mol. The monoisotopic (exact) mass is 237 g/mol. The molecule has 0 aliphatic heterocycles. The van der Waals surface area contributed by atoms with Crippen LogP contribution in [0.2, 0.25) is 0 Å². The fraction of sp³-hybridized carbons (Fsp3) is 0.615. The topological polar surface area (TPSA) is 63.5 Å². The van der Waals surface area contributed by atoms with Gasteiger partial charge in [0, 0.05) is 19.5 Å². The van der Waals surface area contributed by atoms with Gasteiger partial charge in [0.05, 0.1) is 6.26 Å². The van der Waals surface area contributed by atoms with Crippen LogP contribution in [0.25, 0.3) is 0 Å². The van der Waals surface area contributed by atoms with Crippen LogP contribution in [-0.2, 0) is 6.42 Å². The number of unbranched alkanes of at least 4 members (excludes halogenated alkanes) is 3. The number of nitrogens with one attached hydrogen (secondary N) is 1. The third-order valence-electron chi connectivity index (χ3n) is 2.55. The van der Waals surface area contributed by atoms with E-state index in [9.17, 15) is 0 Å². The molecule has 1 aromatic rings. The van der Waals surface area contributed by atoms with E-state index >= 15 is 0 Å². The number of rotatable bonds is 8. The van der Waals surface area contributed by atoms with Crippen molar-refractivity contribution in [3.8, 4) is 0 Å². The zero-order valence-electron chi connectivity index (χ0n) is 10.6. The first-order chi connectivity index (χ1) is 8.33. The lowest BCUT2D eigenvalue weighted by Crippen LogP contribution is -2.33. The van der Waals surface area contributed by atoms with Gasteiger partial charge in [0.15, 0.2) is 5.96 Å². The highest BCUT2D eigenvalue weighted by Gasteiger charge is 1.96. The van der Waals surface area contributed by atoms with Crippen molar-refractivity contribution in [2.24, 2.45) is 10.7 Å². The largest absolute Gasteiger partial charge is 0.469 e. The highest BCUT2D eigenvalue weighted by atomic mass is 16.3. The molecule has 0 atom stereocenters. The number of furan rings is 1. The molecule has 3 N–H and O–H groups in total. The van der Waals surface area contributed by atoms with Crippen molar-refractivity contribution < 1.29 is 4.42 Å². The highest BCUT2D eigenvalue weighted by Crippen LogP contribution is 1.99. The third kappa shape index (κ3) is 6.66. The van der Waals surface area contributed by atoms with E-state index in [0.717, 1.165) is 31.7 Å². The van der Waals surface area contributed by atoms with Crippen molar-refractivity contribution in [1.29, 1.82) is 0 Å². The van der Waals surface area contributed by atoms with Gasteiger partial charge in [0.2, 0.25) is 0 Å². The summed E-state index contributed by atoms with van der Waals surface area (Å²) in [4.78, 5) is 4.27. The standard InChI is InChI=1S/C13H23N3O/c1-2-3-4-5-9-15-13(14)16-10-8-12-7-6-11-17-12/h6-7,11H,2-5,8-10H2,1H3,(H3,14,15,16). The molecule has 0 unspecified atom stereocenters. The Kier molecular flexibility index (Phi) is 6.95. The molecule has 0 radical (unpaired) electrons. The smallest absolute Gasteiger partial charge is 0.188 e. The van der Waals surface area contributed by atoms with Crippen LogP contribution in [0.1, 0.15) is 38.4 Å². The van der Waals surface area contributed by atoms with Gasteiger partial charge in [-0.25, -0.2) is 0 Å². The van der Waals surface area contributed by atoms with Gasteiger partial charge in [0.25, 0.3) is 0 Å². The summed E-state index contributed by atoms with van der Waals surface area (Å²) in [6, 6.07) is 3.85. The molecule has 4 nitrogen and oxygen atoms in total. The molecule has 0 fully saturated rings. The average Bonchev–Trinajstić information content (AvgIpc) is 2.82. The Bertz CT molecular complexity index is 306. The molecule has 1 rings (SSSR count). The van der Waals surface area contributed by atoms with Crippen LogP contribution in [-0.4, -0.2) is 19.0 Å². The van der Waals surface area contributed by atoms with E-state index in [2.05, 4.69) is 17.2 Å². The van der Waals surface area contributed by atoms with Crippen LogP contribution in [0.5, 0.6) is 0 Å². The first-order valence-electron chi connectivity index (χ1n) is 6.39. The number of aliphatic imine (C=N–C) groups is 1. The second-order valence-corrected chi connectivity index (χ2v) is 4.08. The van der Waals surface area contributed by atoms with Gasteiger partial charge >= 0.3 is 0 Å². The number of nitrogens with two attached hydrogens (primary N) is 1. The summed E-state index contributed by atoms with van der Waals surface area (Å²) in [7, 11) is 0. The van der Waals surface area contributed by atoms with Gasteiger partial charge in [-0.05, 0) is 18.6 Å². The molecule has 0 aliphatic carbocycles. The van der Waals surface area contributed by atoms with Crippen LogP contribution >= 0.6 is 0 Å².